The molecule has 0 amide bonds. The van der Waals surface area contributed by atoms with Crippen LogP contribution in [0.15, 0.2) is 24.5 Å². The number of aromatic nitrogens is 3. The first-order chi connectivity index (χ1) is 7.09. The molecule has 0 saturated carbocycles. The van der Waals surface area contributed by atoms with Gasteiger partial charge in [0.2, 0.25) is 5.62 Å². The normalized spacial score (nSPS) is 10.6. The molecule has 0 spiro atoms. The van der Waals surface area contributed by atoms with Crippen LogP contribution in [0, 0.1) is 12.3 Å². The zero-order chi connectivity index (χ0) is 11.0. The molecular formula is C10H11ClN4. The SMILES string of the molecule is Cc1cn(-c2ccc(Cl)nc2)c(=N)n1C. The van der Waals surface area contributed by atoms with Crippen LogP contribution in [0.1, 0.15) is 5.69 Å². The lowest BCUT2D eigenvalue weighted by molar-refractivity contribution is 0.753. The van der Waals surface area contributed by atoms with Gasteiger partial charge in [0.1, 0.15) is 5.15 Å². The van der Waals surface area contributed by atoms with Crippen molar-refractivity contribution in [3.63, 3.8) is 0 Å². The van der Waals surface area contributed by atoms with Gasteiger partial charge in [-0.2, -0.15) is 0 Å². The lowest BCUT2D eigenvalue weighted by Crippen LogP contribution is -2.21. The van der Waals surface area contributed by atoms with Crippen molar-refractivity contribution in [2.45, 2.75) is 6.92 Å². The Kier molecular flexibility index (Phi) is 2.36. The van der Waals surface area contributed by atoms with Gasteiger partial charge in [0.15, 0.2) is 0 Å². The molecule has 0 radical (unpaired) electrons. The molecule has 5 heteroatoms. The lowest BCUT2D eigenvalue weighted by atomic mass is 10.4. The first kappa shape index (κ1) is 9.98. The smallest absolute Gasteiger partial charge is 0.206 e. The minimum Gasteiger partial charge on any atom is -0.318 e. The summed E-state index contributed by atoms with van der Waals surface area (Å²) in [7, 11) is 1.86. The van der Waals surface area contributed by atoms with Crippen LogP contribution < -0.4 is 5.62 Å². The van der Waals surface area contributed by atoms with Crippen molar-refractivity contribution in [3.05, 3.63) is 41.0 Å². The Bertz CT molecular complexity index is 536. The fourth-order valence-corrected chi connectivity index (χ4v) is 1.48. The number of imidazole rings is 1. The zero-order valence-electron chi connectivity index (χ0n) is 8.53. The van der Waals surface area contributed by atoms with E-state index in [0.717, 1.165) is 11.4 Å². The molecule has 78 valence electrons. The number of hydrogen-bond donors (Lipinski definition) is 1. The van der Waals surface area contributed by atoms with Gasteiger partial charge < -0.3 is 4.57 Å². The first-order valence-electron chi connectivity index (χ1n) is 4.51. The van der Waals surface area contributed by atoms with Crippen LogP contribution >= 0.6 is 11.6 Å². The zero-order valence-corrected chi connectivity index (χ0v) is 9.28. The summed E-state index contributed by atoms with van der Waals surface area (Å²) in [6.45, 7) is 1.96. The Morgan fingerprint density at radius 2 is 2.13 bits per heavy atom. The summed E-state index contributed by atoms with van der Waals surface area (Å²) in [5.74, 6) is 0. The molecule has 0 fully saturated rings. The number of nitrogens with zero attached hydrogens (tertiary/aromatic N) is 3. The number of aryl methyl sites for hydroxylation is 1. The maximum atomic E-state index is 7.87. The van der Waals surface area contributed by atoms with Crippen molar-refractivity contribution in [2.24, 2.45) is 7.05 Å². The van der Waals surface area contributed by atoms with E-state index in [1.54, 1.807) is 21.4 Å². The molecule has 2 aromatic rings. The molecule has 2 aromatic heterocycles. The minimum atomic E-state index is 0.414. The van der Waals surface area contributed by atoms with Gasteiger partial charge >= 0.3 is 0 Å². The van der Waals surface area contributed by atoms with E-state index in [9.17, 15) is 0 Å². The maximum absolute atomic E-state index is 7.87. The average Bonchev–Trinajstić information content (AvgIpc) is 2.47. The van der Waals surface area contributed by atoms with Crippen molar-refractivity contribution in [1.82, 2.24) is 14.1 Å². The second-order valence-corrected chi connectivity index (χ2v) is 3.75. The van der Waals surface area contributed by atoms with Crippen molar-refractivity contribution in [1.29, 1.82) is 5.41 Å². The summed E-state index contributed by atoms with van der Waals surface area (Å²) < 4.78 is 3.56. The van der Waals surface area contributed by atoms with Crippen molar-refractivity contribution in [3.8, 4) is 5.69 Å². The predicted molar refractivity (Wildman–Crippen MR) is 58.1 cm³/mol. The van der Waals surface area contributed by atoms with Crippen molar-refractivity contribution in [2.75, 3.05) is 0 Å². The van der Waals surface area contributed by atoms with E-state index in [1.165, 1.54) is 0 Å². The third-order valence-electron chi connectivity index (χ3n) is 2.38. The molecule has 0 atom stereocenters. The summed E-state index contributed by atoms with van der Waals surface area (Å²) in [4.78, 5) is 3.99. The molecule has 1 N–H and O–H groups in total. The minimum absolute atomic E-state index is 0.414. The summed E-state index contributed by atoms with van der Waals surface area (Å²) >= 11 is 5.70. The van der Waals surface area contributed by atoms with Crippen LogP contribution in [-0.4, -0.2) is 14.1 Å². The Morgan fingerprint density at radius 1 is 1.40 bits per heavy atom. The highest BCUT2D eigenvalue weighted by molar-refractivity contribution is 6.29. The molecule has 0 aromatic carbocycles. The molecule has 0 saturated heterocycles. The molecule has 0 aliphatic rings. The summed E-state index contributed by atoms with van der Waals surface area (Å²) in [6.07, 6.45) is 3.55. The fourth-order valence-electron chi connectivity index (χ4n) is 1.37. The van der Waals surface area contributed by atoms with E-state index in [4.69, 9.17) is 17.0 Å². The molecule has 15 heavy (non-hydrogen) atoms. The second kappa shape index (κ2) is 3.55. The highest BCUT2D eigenvalue weighted by Crippen LogP contribution is 2.08. The standard InChI is InChI=1S/C10H11ClN4/c1-7-6-15(10(12)14(7)2)8-3-4-9(11)13-5-8/h3-6,12H,1-2H3. The third-order valence-corrected chi connectivity index (χ3v) is 2.60. The van der Waals surface area contributed by atoms with Gasteiger partial charge in [-0.15, -0.1) is 0 Å². The van der Waals surface area contributed by atoms with Gasteiger partial charge in [-0.1, -0.05) is 11.6 Å². The molecule has 0 aliphatic heterocycles. The molecular weight excluding hydrogens is 212 g/mol. The second-order valence-electron chi connectivity index (χ2n) is 3.36. The Hall–Kier alpha value is -1.55. The topological polar surface area (TPSA) is 46.6 Å². The Labute approximate surface area is 92.3 Å². The lowest BCUT2D eigenvalue weighted by Gasteiger charge is -2.00. The van der Waals surface area contributed by atoms with Gasteiger partial charge in [-0.05, 0) is 19.1 Å². The highest BCUT2D eigenvalue weighted by Gasteiger charge is 2.03. The number of nitrogens with one attached hydrogen (secondary N) is 1. The van der Waals surface area contributed by atoms with Crippen molar-refractivity contribution >= 4 is 11.6 Å². The van der Waals surface area contributed by atoms with Crippen LogP contribution in [0.5, 0.6) is 0 Å². The summed E-state index contributed by atoms with van der Waals surface area (Å²) in [5.41, 5.74) is 2.28. The van der Waals surface area contributed by atoms with Crippen LogP contribution in [0.4, 0.5) is 0 Å². The van der Waals surface area contributed by atoms with Crippen LogP contribution in [0.2, 0.25) is 5.15 Å². The Balaban J connectivity index is 2.59. The van der Waals surface area contributed by atoms with E-state index in [-0.39, 0.29) is 0 Å². The molecule has 4 nitrogen and oxygen atoms in total. The van der Waals surface area contributed by atoms with E-state index < -0.39 is 0 Å². The fraction of sp³-hybridized carbons (Fsp3) is 0.200. The largest absolute Gasteiger partial charge is 0.318 e. The first-order valence-corrected chi connectivity index (χ1v) is 4.89. The van der Waals surface area contributed by atoms with E-state index in [2.05, 4.69) is 4.98 Å². The number of hydrogen-bond acceptors (Lipinski definition) is 2. The highest BCUT2D eigenvalue weighted by atomic mass is 35.5. The van der Waals surface area contributed by atoms with Crippen LogP contribution in [0.3, 0.4) is 0 Å². The maximum Gasteiger partial charge on any atom is 0.206 e. The number of pyridine rings is 1. The predicted octanol–water partition coefficient (Wildman–Crippen LogP) is 1.65. The molecule has 0 aliphatic carbocycles. The number of halogens is 1. The van der Waals surface area contributed by atoms with E-state index >= 15 is 0 Å². The molecule has 2 rings (SSSR count). The summed E-state index contributed by atoms with van der Waals surface area (Å²) in [5, 5.41) is 8.33. The van der Waals surface area contributed by atoms with E-state index in [1.807, 2.05) is 26.2 Å². The van der Waals surface area contributed by atoms with Gasteiger partial charge in [0.05, 0.1) is 11.9 Å². The Morgan fingerprint density at radius 3 is 2.60 bits per heavy atom. The van der Waals surface area contributed by atoms with Gasteiger partial charge in [0, 0.05) is 18.9 Å². The average molecular weight is 223 g/mol. The van der Waals surface area contributed by atoms with Crippen LogP contribution in [-0.2, 0) is 7.05 Å². The van der Waals surface area contributed by atoms with Gasteiger partial charge in [-0.3, -0.25) is 9.98 Å². The summed E-state index contributed by atoms with van der Waals surface area (Å²) in [6, 6.07) is 3.55. The molecule has 2 heterocycles. The van der Waals surface area contributed by atoms with Gasteiger partial charge in [-0.25, -0.2) is 4.98 Å². The van der Waals surface area contributed by atoms with Crippen LogP contribution in [0.25, 0.3) is 5.69 Å². The number of rotatable bonds is 1. The third kappa shape index (κ3) is 1.68. The molecule has 0 bridgehead atoms. The van der Waals surface area contributed by atoms with Gasteiger partial charge in [0.25, 0.3) is 0 Å². The van der Waals surface area contributed by atoms with Crippen molar-refractivity contribution < 1.29 is 0 Å². The quantitative estimate of drug-likeness (QED) is 0.733. The molecule has 0 unspecified atom stereocenters. The monoisotopic (exact) mass is 222 g/mol. The van der Waals surface area contributed by atoms with E-state index in [0.29, 0.717) is 10.8 Å².